The Hall–Kier alpha value is -2.37. The molecule has 1 aromatic carbocycles. The van der Waals surface area contributed by atoms with E-state index in [0.29, 0.717) is 18.5 Å². The molecule has 2 N–H and O–H groups in total. The van der Waals surface area contributed by atoms with Gasteiger partial charge < -0.3 is 15.3 Å². The summed E-state index contributed by atoms with van der Waals surface area (Å²) in [4.78, 5) is 36.1. The summed E-state index contributed by atoms with van der Waals surface area (Å²) in [6.07, 6.45) is 0.301. The Morgan fingerprint density at radius 1 is 1.40 bits per heavy atom. The van der Waals surface area contributed by atoms with E-state index in [1.165, 1.54) is 4.90 Å². The predicted octanol–water partition coefficient (Wildman–Crippen LogP) is 0.622. The summed E-state index contributed by atoms with van der Waals surface area (Å²) in [5.74, 6) is -1.73. The number of carboxylic acids is 1. The van der Waals surface area contributed by atoms with Crippen LogP contribution in [0.4, 0.5) is 0 Å². The lowest BCUT2D eigenvalue weighted by atomic mass is 10.1. The summed E-state index contributed by atoms with van der Waals surface area (Å²) >= 11 is 0. The summed E-state index contributed by atoms with van der Waals surface area (Å²) in [6, 6.07) is 6.27. The summed E-state index contributed by atoms with van der Waals surface area (Å²) in [7, 11) is 0. The molecule has 0 saturated heterocycles. The molecule has 0 radical (unpaired) electrons. The van der Waals surface area contributed by atoms with Crippen molar-refractivity contribution in [3.63, 3.8) is 0 Å². The lowest BCUT2D eigenvalue weighted by Gasteiger charge is -2.17. The van der Waals surface area contributed by atoms with Gasteiger partial charge in [0.1, 0.15) is 12.6 Å². The zero-order valence-corrected chi connectivity index (χ0v) is 11.1. The molecule has 20 heavy (non-hydrogen) atoms. The maximum Gasteiger partial charge on any atom is 0.326 e. The van der Waals surface area contributed by atoms with Gasteiger partial charge >= 0.3 is 5.97 Å². The Morgan fingerprint density at radius 2 is 2.10 bits per heavy atom. The van der Waals surface area contributed by atoms with Crippen molar-refractivity contribution < 1.29 is 19.5 Å². The number of rotatable bonds is 5. The number of benzene rings is 1. The minimum Gasteiger partial charge on any atom is -0.480 e. The molecule has 0 bridgehead atoms. The fourth-order valence-corrected chi connectivity index (χ4v) is 2.19. The molecule has 1 aromatic rings. The Labute approximate surface area is 116 Å². The largest absolute Gasteiger partial charge is 0.480 e. The molecule has 1 atom stereocenters. The molecular formula is C14H16N2O4. The number of fused-ring (bicyclic) bond motifs is 1. The molecular weight excluding hydrogens is 260 g/mol. The second-order valence-corrected chi connectivity index (χ2v) is 4.68. The van der Waals surface area contributed by atoms with Gasteiger partial charge in [0.25, 0.3) is 5.91 Å². The number of carboxylic acid groups (broad SMARTS) is 1. The number of hydrogen-bond donors (Lipinski definition) is 2. The van der Waals surface area contributed by atoms with Gasteiger partial charge in [-0.25, -0.2) is 4.79 Å². The summed E-state index contributed by atoms with van der Waals surface area (Å²) < 4.78 is 0. The first-order valence-electron chi connectivity index (χ1n) is 6.42. The smallest absolute Gasteiger partial charge is 0.326 e. The second kappa shape index (κ2) is 5.73. The van der Waals surface area contributed by atoms with E-state index in [-0.39, 0.29) is 12.5 Å². The molecule has 0 spiro atoms. The highest BCUT2D eigenvalue weighted by atomic mass is 16.4. The van der Waals surface area contributed by atoms with Crippen LogP contribution >= 0.6 is 0 Å². The van der Waals surface area contributed by atoms with Crippen LogP contribution in [0.25, 0.3) is 0 Å². The van der Waals surface area contributed by atoms with E-state index in [0.717, 1.165) is 5.56 Å². The standard InChI is InChI=1S/C14H16N2O4/c1-2-11(14(19)20)15-12(17)8-16-7-9-5-3-4-6-10(9)13(16)18/h3-6,11H,2,7-8H2,1H3,(H,15,17)(H,19,20). The van der Waals surface area contributed by atoms with Gasteiger partial charge in [0.05, 0.1) is 0 Å². The first-order valence-corrected chi connectivity index (χ1v) is 6.42. The molecule has 106 valence electrons. The van der Waals surface area contributed by atoms with Crippen molar-refractivity contribution in [2.24, 2.45) is 0 Å². The second-order valence-electron chi connectivity index (χ2n) is 4.68. The van der Waals surface area contributed by atoms with Gasteiger partial charge in [-0.2, -0.15) is 0 Å². The molecule has 1 aliphatic rings. The van der Waals surface area contributed by atoms with Crippen LogP contribution < -0.4 is 5.32 Å². The summed E-state index contributed by atoms with van der Waals surface area (Å²) in [5.41, 5.74) is 1.49. The quantitative estimate of drug-likeness (QED) is 0.825. The molecule has 2 amide bonds. The normalized spacial score (nSPS) is 14.8. The molecule has 6 nitrogen and oxygen atoms in total. The first-order chi connectivity index (χ1) is 9.52. The van der Waals surface area contributed by atoms with Gasteiger partial charge in [0, 0.05) is 12.1 Å². The van der Waals surface area contributed by atoms with Crippen LogP contribution in [0.3, 0.4) is 0 Å². The first kappa shape index (κ1) is 14.0. The van der Waals surface area contributed by atoms with Gasteiger partial charge in [0.15, 0.2) is 0 Å². The number of hydrogen-bond acceptors (Lipinski definition) is 3. The maximum absolute atomic E-state index is 12.1. The van der Waals surface area contributed by atoms with Crippen LogP contribution in [0.15, 0.2) is 24.3 Å². The molecule has 0 saturated carbocycles. The lowest BCUT2D eigenvalue weighted by molar-refractivity contribution is -0.142. The maximum atomic E-state index is 12.1. The molecule has 1 aliphatic heterocycles. The van der Waals surface area contributed by atoms with Crippen molar-refractivity contribution in [2.45, 2.75) is 25.9 Å². The monoisotopic (exact) mass is 276 g/mol. The van der Waals surface area contributed by atoms with Crippen molar-refractivity contribution in [1.82, 2.24) is 10.2 Å². The zero-order chi connectivity index (χ0) is 14.7. The SMILES string of the molecule is CCC(NC(=O)CN1Cc2ccccc2C1=O)C(=O)O. The fraction of sp³-hybridized carbons (Fsp3) is 0.357. The number of nitrogens with zero attached hydrogens (tertiary/aromatic N) is 1. The molecule has 0 aliphatic carbocycles. The highest BCUT2D eigenvalue weighted by Gasteiger charge is 2.29. The van der Waals surface area contributed by atoms with Crippen LogP contribution in [0.5, 0.6) is 0 Å². The van der Waals surface area contributed by atoms with E-state index >= 15 is 0 Å². The molecule has 2 rings (SSSR count). The van der Waals surface area contributed by atoms with Crippen molar-refractivity contribution in [3.8, 4) is 0 Å². The molecule has 1 heterocycles. The van der Waals surface area contributed by atoms with Gasteiger partial charge in [-0.15, -0.1) is 0 Å². The van der Waals surface area contributed by atoms with E-state index in [1.54, 1.807) is 19.1 Å². The van der Waals surface area contributed by atoms with Gasteiger partial charge in [-0.3, -0.25) is 9.59 Å². The number of carbonyl (C=O) groups excluding carboxylic acids is 2. The van der Waals surface area contributed by atoms with E-state index in [1.807, 2.05) is 12.1 Å². The minimum absolute atomic E-state index is 0.128. The third-order valence-electron chi connectivity index (χ3n) is 3.27. The van der Waals surface area contributed by atoms with Gasteiger partial charge in [0.2, 0.25) is 5.91 Å². The van der Waals surface area contributed by atoms with Crippen LogP contribution in [-0.2, 0) is 16.1 Å². The number of nitrogens with one attached hydrogen (secondary N) is 1. The number of aliphatic carboxylic acids is 1. The Bertz CT molecular complexity index is 556. The highest BCUT2D eigenvalue weighted by molar-refractivity contribution is 6.00. The molecule has 6 heteroatoms. The van der Waals surface area contributed by atoms with E-state index in [9.17, 15) is 14.4 Å². The fourth-order valence-electron chi connectivity index (χ4n) is 2.19. The highest BCUT2D eigenvalue weighted by Crippen LogP contribution is 2.21. The van der Waals surface area contributed by atoms with Crippen LogP contribution in [0.2, 0.25) is 0 Å². The Kier molecular flexibility index (Phi) is 4.02. The Morgan fingerprint density at radius 3 is 2.70 bits per heavy atom. The molecule has 1 unspecified atom stereocenters. The Balaban J connectivity index is 1.97. The van der Waals surface area contributed by atoms with Crippen molar-refractivity contribution >= 4 is 17.8 Å². The number of amides is 2. The van der Waals surface area contributed by atoms with Crippen molar-refractivity contribution in [1.29, 1.82) is 0 Å². The molecule has 0 aromatic heterocycles. The predicted molar refractivity (Wildman–Crippen MR) is 71.0 cm³/mol. The summed E-state index contributed by atoms with van der Waals surface area (Å²) in [6.45, 7) is 1.93. The third kappa shape index (κ3) is 2.79. The summed E-state index contributed by atoms with van der Waals surface area (Å²) in [5, 5.41) is 11.3. The minimum atomic E-state index is -1.07. The van der Waals surface area contributed by atoms with Crippen molar-refractivity contribution in [3.05, 3.63) is 35.4 Å². The van der Waals surface area contributed by atoms with Gasteiger partial charge in [-0.1, -0.05) is 25.1 Å². The van der Waals surface area contributed by atoms with Crippen molar-refractivity contribution in [2.75, 3.05) is 6.54 Å². The van der Waals surface area contributed by atoms with E-state index in [4.69, 9.17) is 5.11 Å². The topological polar surface area (TPSA) is 86.7 Å². The third-order valence-corrected chi connectivity index (χ3v) is 3.27. The van der Waals surface area contributed by atoms with Crippen LogP contribution in [-0.4, -0.2) is 40.4 Å². The average molecular weight is 276 g/mol. The zero-order valence-electron chi connectivity index (χ0n) is 11.1. The molecule has 0 fully saturated rings. The van der Waals surface area contributed by atoms with Crippen LogP contribution in [0.1, 0.15) is 29.3 Å². The van der Waals surface area contributed by atoms with E-state index in [2.05, 4.69) is 5.32 Å². The lowest BCUT2D eigenvalue weighted by Crippen LogP contribution is -2.45. The van der Waals surface area contributed by atoms with Crippen LogP contribution in [0, 0.1) is 0 Å². The van der Waals surface area contributed by atoms with Gasteiger partial charge in [-0.05, 0) is 18.1 Å². The van der Waals surface area contributed by atoms with E-state index < -0.39 is 17.9 Å². The average Bonchev–Trinajstić information content (AvgIpc) is 2.73. The number of carbonyl (C=O) groups is 3.